The van der Waals surface area contributed by atoms with Crippen LogP contribution < -0.4 is 5.32 Å². The minimum Gasteiger partial charge on any atom is -0.305 e. The molecular weight excluding hydrogens is 180 g/mol. The molecule has 2 nitrogen and oxygen atoms in total. The Labute approximate surface area is 82.4 Å². The van der Waals surface area contributed by atoms with Crippen molar-refractivity contribution in [3.05, 3.63) is 16.1 Å². The van der Waals surface area contributed by atoms with Gasteiger partial charge in [-0.2, -0.15) is 0 Å². The maximum absolute atomic E-state index is 4.57. The minimum absolute atomic E-state index is 0.581. The second-order valence-corrected chi connectivity index (χ2v) is 5.13. The molecule has 2 fully saturated rings. The van der Waals surface area contributed by atoms with E-state index >= 15 is 0 Å². The molecule has 70 valence electrons. The van der Waals surface area contributed by atoms with Gasteiger partial charge in [0.2, 0.25) is 0 Å². The molecule has 1 aromatic rings. The van der Waals surface area contributed by atoms with Gasteiger partial charge in [0.1, 0.15) is 5.01 Å². The molecule has 3 rings (SSSR count). The van der Waals surface area contributed by atoms with Crippen LogP contribution in [0.25, 0.3) is 0 Å². The highest BCUT2D eigenvalue weighted by molar-refractivity contribution is 7.09. The first-order chi connectivity index (χ1) is 6.33. The van der Waals surface area contributed by atoms with Crippen LogP contribution in [0.3, 0.4) is 0 Å². The number of aryl methyl sites for hydroxylation is 1. The van der Waals surface area contributed by atoms with Crippen molar-refractivity contribution in [2.75, 3.05) is 0 Å². The van der Waals surface area contributed by atoms with E-state index in [-0.39, 0.29) is 0 Å². The summed E-state index contributed by atoms with van der Waals surface area (Å²) in [6, 6.07) is 1.37. The zero-order chi connectivity index (χ0) is 8.84. The van der Waals surface area contributed by atoms with Gasteiger partial charge in [0.05, 0.1) is 6.04 Å². The van der Waals surface area contributed by atoms with E-state index in [2.05, 4.69) is 22.6 Å². The van der Waals surface area contributed by atoms with Gasteiger partial charge in [-0.25, -0.2) is 4.98 Å². The highest BCUT2D eigenvalue weighted by Crippen LogP contribution is 2.43. The Balaban J connectivity index is 1.87. The number of rotatable bonds is 1. The van der Waals surface area contributed by atoms with E-state index in [9.17, 15) is 0 Å². The molecule has 0 unspecified atom stereocenters. The van der Waals surface area contributed by atoms with E-state index in [0.29, 0.717) is 6.04 Å². The zero-order valence-electron chi connectivity index (χ0n) is 7.79. The van der Waals surface area contributed by atoms with E-state index in [1.165, 1.54) is 30.0 Å². The summed E-state index contributed by atoms with van der Waals surface area (Å²) in [6.45, 7) is 2.08. The number of hydrogen-bond acceptors (Lipinski definition) is 3. The van der Waals surface area contributed by atoms with Crippen LogP contribution in [0.5, 0.6) is 0 Å². The van der Waals surface area contributed by atoms with Crippen LogP contribution >= 0.6 is 11.3 Å². The van der Waals surface area contributed by atoms with Crippen molar-refractivity contribution < 1.29 is 0 Å². The first-order valence-corrected chi connectivity index (χ1v) is 5.89. The van der Waals surface area contributed by atoms with Gasteiger partial charge in [-0.15, -0.1) is 11.3 Å². The molecule has 1 N–H and O–H groups in total. The van der Waals surface area contributed by atoms with Gasteiger partial charge in [0, 0.05) is 17.1 Å². The van der Waals surface area contributed by atoms with E-state index in [4.69, 9.17) is 0 Å². The summed E-state index contributed by atoms with van der Waals surface area (Å²) in [7, 11) is 0. The zero-order valence-corrected chi connectivity index (χ0v) is 8.60. The number of fused-ring (bicyclic) bond motifs is 2. The van der Waals surface area contributed by atoms with Gasteiger partial charge in [-0.3, -0.25) is 0 Å². The number of thiazole rings is 1. The molecule has 2 heterocycles. The lowest BCUT2D eigenvalue weighted by atomic mass is 10.0. The molecule has 1 saturated carbocycles. The van der Waals surface area contributed by atoms with Gasteiger partial charge in [-0.05, 0) is 32.1 Å². The molecule has 2 bridgehead atoms. The Bertz CT molecular complexity index is 320. The molecule has 13 heavy (non-hydrogen) atoms. The Morgan fingerprint density at radius 1 is 1.54 bits per heavy atom. The van der Waals surface area contributed by atoms with Gasteiger partial charge < -0.3 is 5.32 Å². The summed E-state index contributed by atoms with van der Waals surface area (Å²) in [5, 5.41) is 7.13. The Kier molecular flexibility index (Phi) is 1.70. The van der Waals surface area contributed by atoms with Crippen LogP contribution in [-0.4, -0.2) is 11.0 Å². The number of piperidine rings is 1. The molecule has 0 aromatic carbocycles. The van der Waals surface area contributed by atoms with E-state index in [1.54, 1.807) is 0 Å². The normalized spacial score (nSPS) is 37.2. The molecule has 2 aliphatic rings. The fourth-order valence-electron chi connectivity index (χ4n) is 2.65. The fourth-order valence-corrected chi connectivity index (χ4v) is 3.60. The predicted octanol–water partition coefficient (Wildman–Crippen LogP) is 2.26. The molecule has 3 atom stereocenters. The molecule has 1 aromatic heterocycles. The predicted molar refractivity (Wildman–Crippen MR) is 53.9 cm³/mol. The lowest BCUT2D eigenvalue weighted by Crippen LogP contribution is -2.28. The molecule has 1 aliphatic heterocycles. The molecule has 1 saturated heterocycles. The van der Waals surface area contributed by atoms with E-state index in [0.717, 1.165) is 12.0 Å². The average Bonchev–Trinajstić information content (AvgIpc) is 2.77. The Morgan fingerprint density at radius 2 is 2.46 bits per heavy atom. The molecule has 0 spiro atoms. The molecule has 3 heteroatoms. The van der Waals surface area contributed by atoms with E-state index < -0.39 is 0 Å². The van der Waals surface area contributed by atoms with Crippen molar-refractivity contribution in [3.8, 4) is 0 Å². The van der Waals surface area contributed by atoms with Crippen LogP contribution in [0.1, 0.15) is 36.0 Å². The fraction of sp³-hybridized carbons (Fsp3) is 0.700. The van der Waals surface area contributed by atoms with Gasteiger partial charge in [-0.1, -0.05) is 0 Å². The van der Waals surface area contributed by atoms with Crippen molar-refractivity contribution >= 4 is 11.3 Å². The van der Waals surface area contributed by atoms with Crippen LogP contribution in [-0.2, 0) is 0 Å². The molecule has 0 amide bonds. The van der Waals surface area contributed by atoms with Gasteiger partial charge in [0.25, 0.3) is 0 Å². The highest BCUT2D eigenvalue weighted by Gasteiger charge is 2.40. The topological polar surface area (TPSA) is 24.9 Å². The summed E-state index contributed by atoms with van der Waals surface area (Å²) < 4.78 is 0. The lowest BCUT2D eigenvalue weighted by Gasteiger charge is -2.20. The van der Waals surface area contributed by atoms with Crippen molar-refractivity contribution in [3.63, 3.8) is 0 Å². The molecule has 1 aliphatic carbocycles. The third-order valence-electron chi connectivity index (χ3n) is 3.26. The van der Waals surface area contributed by atoms with Crippen LogP contribution in [0.15, 0.2) is 5.38 Å². The number of aromatic nitrogens is 1. The quantitative estimate of drug-likeness (QED) is 0.741. The third kappa shape index (κ3) is 1.22. The highest BCUT2D eigenvalue weighted by atomic mass is 32.1. The van der Waals surface area contributed by atoms with Crippen molar-refractivity contribution in [2.24, 2.45) is 5.92 Å². The first-order valence-electron chi connectivity index (χ1n) is 5.01. The molecular formula is C10H14N2S. The standard InChI is InChI=1S/C10H14N2S/c1-6-5-13-10(11-6)9-7-2-3-8(4-7)12-9/h5,7-9,12H,2-4H2,1H3/t7-,8+,9-/m1/s1. The second-order valence-electron chi connectivity index (χ2n) is 4.24. The first kappa shape index (κ1) is 7.94. The summed E-state index contributed by atoms with van der Waals surface area (Å²) in [5.74, 6) is 0.871. The summed E-state index contributed by atoms with van der Waals surface area (Å²) >= 11 is 1.81. The van der Waals surface area contributed by atoms with Crippen molar-refractivity contribution in [1.29, 1.82) is 0 Å². The smallest absolute Gasteiger partial charge is 0.110 e. The lowest BCUT2D eigenvalue weighted by molar-refractivity contribution is 0.390. The summed E-state index contributed by atoms with van der Waals surface area (Å²) in [4.78, 5) is 4.57. The van der Waals surface area contributed by atoms with Gasteiger partial charge in [0.15, 0.2) is 0 Å². The largest absolute Gasteiger partial charge is 0.305 e. The summed E-state index contributed by atoms with van der Waals surface area (Å²) in [5.41, 5.74) is 1.17. The minimum atomic E-state index is 0.581. The number of hydrogen-bond donors (Lipinski definition) is 1. The van der Waals surface area contributed by atoms with Crippen LogP contribution in [0.2, 0.25) is 0 Å². The maximum Gasteiger partial charge on any atom is 0.110 e. The summed E-state index contributed by atoms with van der Waals surface area (Å²) in [6.07, 6.45) is 4.16. The SMILES string of the molecule is Cc1csc([C@@H]2N[C@H]3CC[C@@H]2C3)n1. The van der Waals surface area contributed by atoms with Crippen LogP contribution in [0, 0.1) is 12.8 Å². The monoisotopic (exact) mass is 194 g/mol. The average molecular weight is 194 g/mol. The number of nitrogens with one attached hydrogen (secondary N) is 1. The Hall–Kier alpha value is -0.410. The number of nitrogens with zero attached hydrogens (tertiary/aromatic N) is 1. The van der Waals surface area contributed by atoms with E-state index in [1.807, 2.05) is 11.3 Å². The second kappa shape index (κ2) is 2.79. The van der Waals surface area contributed by atoms with Crippen molar-refractivity contribution in [2.45, 2.75) is 38.3 Å². The maximum atomic E-state index is 4.57. The Morgan fingerprint density at radius 3 is 3.00 bits per heavy atom. The third-order valence-corrected chi connectivity index (χ3v) is 4.31. The van der Waals surface area contributed by atoms with Crippen molar-refractivity contribution in [1.82, 2.24) is 10.3 Å². The molecule has 0 radical (unpaired) electrons. The van der Waals surface area contributed by atoms with Crippen LogP contribution in [0.4, 0.5) is 0 Å². The van der Waals surface area contributed by atoms with Gasteiger partial charge >= 0.3 is 0 Å².